The van der Waals surface area contributed by atoms with Crippen LogP contribution in [0.1, 0.15) is 22.3 Å². The fourth-order valence-corrected chi connectivity index (χ4v) is 4.39. The fourth-order valence-electron chi connectivity index (χ4n) is 4.39. The van der Waals surface area contributed by atoms with Crippen molar-refractivity contribution in [2.24, 2.45) is 5.16 Å². The summed E-state index contributed by atoms with van der Waals surface area (Å²) < 4.78 is 13.8. The third kappa shape index (κ3) is 5.94. The number of aromatic nitrogens is 3. The average Bonchev–Trinajstić information content (AvgIpc) is 3.68. The largest absolute Gasteiger partial charge is 0.489 e. The second-order valence-electron chi connectivity index (χ2n) is 9.35. The molecule has 0 spiro atoms. The van der Waals surface area contributed by atoms with Crippen molar-refractivity contribution in [3.05, 3.63) is 115 Å². The molecule has 1 atom stereocenters. The predicted molar refractivity (Wildman–Crippen MR) is 150 cm³/mol. The topological polar surface area (TPSA) is 99.3 Å². The summed E-state index contributed by atoms with van der Waals surface area (Å²) in [6.45, 7) is 1.09. The summed E-state index contributed by atoms with van der Waals surface area (Å²) in [6, 6.07) is 25.2. The van der Waals surface area contributed by atoms with Gasteiger partial charge in [0.15, 0.2) is 6.10 Å². The van der Waals surface area contributed by atoms with E-state index in [-0.39, 0.29) is 12.0 Å². The maximum atomic E-state index is 12.6. The minimum absolute atomic E-state index is 0.183. The number of rotatable bonds is 10. The predicted octanol–water partition coefficient (Wildman–Crippen LogP) is 4.93. The number of oxime groups is 1. The number of imidazole rings is 1. The van der Waals surface area contributed by atoms with E-state index in [1.165, 1.54) is 0 Å². The molecule has 1 N–H and O–H groups in total. The monoisotopic (exact) mass is 533 g/mol. The Bertz CT molecular complexity index is 1630. The third-order valence-corrected chi connectivity index (χ3v) is 6.49. The van der Waals surface area contributed by atoms with Crippen LogP contribution in [0.3, 0.4) is 0 Å². The van der Waals surface area contributed by atoms with Crippen LogP contribution in [0, 0.1) is 0 Å². The first kappa shape index (κ1) is 25.1. The van der Waals surface area contributed by atoms with Gasteiger partial charge in [-0.05, 0) is 29.8 Å². The lowest BCUT2D eigenvalue weighted by Gasteiger charge is -2.14. The molecule has 5 aromatic rings. The average molecular weight is 534 g/mol. The second kappa shape index (κ2) is 11.7. The summed E-state index contributed by atoms with van der Waals surface area (Å²) in [5, 5.41) is 7.05. The number of amides is 1. The number of carbonyl (C=O) groups is 1. The first-order valence-electron chi connectivity index (χ1n) is 13.0. The van der Waals surface area contributed by atoms with Crippen molar-refractivity contribution < 1.29 is 19.1 Å². The van der Waals surface area contributed by atoms with Crippen LogP contribution < -0.4 is 14.8 Å². The molecule has 0 saturated heterocycles. The number of nitrogens with one attached hydrogen (secondary N) is 1. The van der Waals surface area contributed by atoms with Gasteiger partial charge < -0.3 is 24.0 Å². The van der Waals surface area contributed by atoms with Crippen LogP contribution in [0.5, 0.6) is 11.6 Å². The quantitative estimate of drug-likeness (QED) is 0.273. The highest BCUT2D eigenvalue weighted by atomic mass is 16.7. The molecule has 1 aliphatic rings. The maximum absolute atomic E-state index is 12.6. The smallest absolute Gasteiger partial charge is 0.253 e. The molecule has 1 unspecified atom stereocenters. The zero-order chi connectivity index (χ0) is 27.1. The highest BCUT2D eigenvalue weighted by molar-refractivity contribution is 5.98. The molecule has 40 heavy (non-hydrogen) atoms. The van der Waals surface area contributed by atoms with Gasteiger partial charge in [-0.2, -0.15) is 0 Å². The van der Waals surface area contributed by atoms with Gasteiger partial charge >= 0.3 is 0 Å². The van der Waals surface area contributed by atoms with E-state index >= 15 is 0 Å². The van der Waals surface area contributed by atoms with E-state index in [0.29, 0.717) is 37.6 Å². The van der Waals surface area contributed by atoms with E-state index in [2.05, 4.69) is 20.4 Å². The zero-order valence-corrected chi connectivity index (χ0v) is 21.6. The Balaban J connectivity index is 0.997. The molecule has 0 saturated carbocycles. The highest BCUT2D eigenvalue weighted by Crippen LogP contribution is 2.30. The molecule has 0 fully saturated rings. The van der Waals surface area contributed by atoms with Crippen molar-refractivity contribution in [3.63, 3.8) is 0 Å². The molecule has 1 aliphatic heterocycles. The van der Waals surface area contributed by atoms with E-state index in [1.54, 1.807) is 41.3 Å². The van der Waals surface area contributed by atoms with Crippen LogP contribution in [0.15, 0.2) is 109 Å². The van der Waals surface area contributed by atoms with E-state index in [9.17, 15) is 4.79 Å². The number of fused-ring (bicyclic) bond motifs is 1. The number of carbonyl (C=O) groups excluding carboxylic acids is 1. The molecule has 0 bridgehead atoms. The summed E-state index contributed by atoms with van der Waals surface area (Å²) in [7, 11) is 0. The molecule has 6 rings (SSSR count). The van der Waals surface area contributed by atoms with Gasteiger partial charge in [-0.3, -0.25) is 4.79 Å². The minimum atomic E-state index is -0.242. The first-order valence-corrected chi connectivity index (χ1v) is 13.0. The molecule has 3 aromatic heterocycles. The van der Waals surface area contributed by atoms with E-state index in [0.717, 1.165) is 33.8 Å². The molecule has 0 aliphatic carbocycles. The van der Waals surface area contributed by atoms with Crippen LogP contribution in [0.2, 0.25) is 0 Å². The Labute approximate surface area is 231 Å². The number of hydrogen-bond donors (Lipinski definition) is 1. The van der Waals surface area contributed by atoms with Crippen molar-refractivity contribution >= 4 is 17.3 Å². The van der Waals surface area contributed by atoms with Gasteiger partial charge in [-0.1, -0.05) is 53.7 Å². The summed E-state index contributed by atoms with van der Waals surface area (Å²) in [5.41, 5.74) is 5.02. The van der Waals surface area contributed by atoms with Gasteiger partial charge in [0.05, 0.1) is 17.8 Å². The van der Waals surface area contributed by atoms with Crippen molar-refractivity contribution in [3.8, 4) is 22.8 Å². The molecule has 1 amide bonds. The maximum Gasteiger partial charge on any atom is 0.253 e. The molecule has 0 radical (unpaired) electrons. The minimum Gasteiger partial charge on any atom is -0.489 e. The van der Waals surface area contributed by atoms with Crippen molar-refractivity contribution in [1.82, 2.24) is 19.7 Å². The summed E-state index contributed by atoms with van der Waals surface area (Å²) >= 11 is 0. The zero-order valence-electron chi connectivity index (χ0n) is 21.6. The lowest BCUT2D eigenvalue weighted by molar-refractivity contribution is 0.0472. The summed E-state index contributed by atoms with van der Waals surface area (Å²) in [4.78, 5) is 26.8. The van der Waals surface area contributed by atoms with Crippen molar-refractivity contribution in [2.45, 2.75) is 19.1 Å². The van der Waals surface area contributed by atoms with Crippen LogP contribution in [-0.4, -0.2) is 45.2 Å². The number of benzene rings is 2. The van der Waals surface area contributed by atoms with E-state index < -0.39 is 0 Å². The number of nitrogens with zero attached hydrogens (tertiary/aromatic N) is 4. The first-order chi connectivity index (χ1) is 19.7. The van der Waals surface area contributed by atoms with E-state index in [1.807, 2.05) is 66.7 Å². The van der Waals surface area contributed by atoms with Crippen LogP contribution >= 0.6 is 0 Å². The Hall–Kier alpha value is -5.18. The van der Waals surface area contributed by atoms with Crippen LogP contribution in [0.4, 0.5) is 0 Å². The summed E-state index contributed by atoms with van der Waals surface area (Å²) in [5.74, 6) is 1.10. The van der Waals surface area contributed by atoms with Crippen molar-refractivity contribution in [2.75, 3.05) is 13.2 Å². The second-order valence-corrected chi connectivity index (χ2v) is 9.35. The SMILES string of the molecule is O=C(NCC1=NOC(COc2ccccc2-c2ccc(OCc3ccccc3)nc2)C1)c1ccc2nccn2c1. The summed E-state index contributed by atoms with van der Waals surface area (Å²) in [6.07, 6.45) is 7.35. The number of para-hydroxylation sites is 1. The van der Waals surface area contributed by atoms with Crippen LogP contribution in [-0.2, 0) is 11.4 Å². The molecular weight excluding hydrogens is 506 g/mol. The molecule has 9 nitrogen and oxygen atoms in total. The van der Waals surface area contributed by atoms with Crippen LogP contribution in [0.25, 0.3) is 16.8 Å². The van der Waals surface area contributed by atoms with Gasteiger partial charge in [0.1, 0.15) is 24.6 Å². The molecule has 9 heteroatoms. The number of hydrogen-bond acceptors (Lipinski definition) is 7. The van der Waals surface area contributed by atoms with E-state index in [4.69, 9.17) is 14.3 Å². The van der Waals surface area contributed by atoms with Gasteiger partial charge in [0.2, 0.25) is 5.88 Å². The molecule has 2 aromatic carbocycles. The normalized spacial score (nSPS) is 14.4. The highest BCUT2D eigenvalue weighted by Gasteiger charge is 2.23. The Kier molecular flexibility index (Phi) is 7.34. The van der Waals surface area contributed by atoms with Crippen molar-refractivity contribution in [1.29, 1.82) is 0 Å². The Morgan fingerprint density at radius 2 is 1.85 bits per heavy atom. The molecular formula is C31H27N5O4. The lowest BCUT2D eigenvalue weighted by atomic mass is 10.1. The van der Waals surface area contributed by atoms with Gasteiger partial charge in [0.25, 0.3) is 5.91 Å². The fraction of sp³-hybridized carbons (Fsp3) is 0.161. The van der Waals surface area contributed by atoms with Gasteiger partial charge in [-0.25, -0.2) is 9.97 Å². The number of ether oxygens (including phenoxy) is 2. The standard InChI is InChI=1S/C31H27N5O4/c37-31(24-10-12-29-32-14-15-36(29)19-24)34-18-25-16-26(40-35-25)21-38-28-9-5-4-8-27(28)23-11-13-30(33-17-23)39-20-22-6-2-1-3-7-22/h1-15,17,19,26H,16,18,20-21H2,(H,34,37). The molecule has 4 heterocycles. The number of pyridine rings is 2. The molecule has 200 valence electrons. The lowest BCUT2D eigenvalue weighted by Crippen LogP contribution is -2.30. The van der Waals surface area contributed by atoms with Gasteiger partial charge in [0, 0.05) is 48.4 Å². The Morgan fingerprint density at radius 3 is 2.73 bits per heavy atom. The van der Waals surface area contributed by atoms with Gasteiger partial charge in [-0.15, -0.1) is 0 Å². The third-order valence-electron chi connectivity index (χ3n) is 6.49. The Morgan fingerprint density at radius 1 is 0.975 bits per heavy atom.